The summed E-state index contributed by atoms with van der Waals surface area (Å²) < 4.78 is 4.70. The van der Waals surface area contributed by atoms with Gasteiger partial charge in [-0.25, -0.2) is 0 Å². The summed E-state index contributed by atoms with van der Waals surface area (Å²) in [5, 5.41) is 3.31. The number of esters is 1. The fraction of sp³-hybridized carbons (Fsp3) is 0.308. The topological polar surface area (TPSA) is 38.3 Å². The average molecular weight is 217 g/mol. The van der Waals surface area contributed by atoms with Crippen molar-refractivity contribution in [2.75, 3.05) is 13.7 Å². The molecule has 2 atom stereocenters. The van der Waals surface area contributed by atoms with Crippen molar-refractivity contribution in [2.24, 2.45) is 5.92 Å². The molecule has 0 radical (unpaired) electrons. The van der Waals surface area contributed by atoms with Gasteiger partial charge in [-0.1, -0.05) is 42.5 Å². The zero-order valence-corrected chi connectivity index (χ0v) is 9.22. The summed E-state index contributed by atoms with van der Waals surface area (Å²) >= 11 is 0. The molecule has 1 aromatic carbocycles. The molecule has 1 heterocycles. The van der Waals surface area contributed by atoms with Gasteiger partial charge in [0.05, 0.1) is 19.1 Å². The molecule has 1 aliphatic rings. The maximum Gasteiger partial charge on any atom is 0.313 e. The predicted molar refractivity (Wildman–Crippen MR) is 61.8 cm³/mol. The second-order valence-corrected chi connectivity index (χ2v) is 3.81. The van der Waals surface area contributed by atoms with Crippen molar-refractivity contribution in [3.63, 3.8) is 0 Å². The molecule has 2 rings (SSSR count). The highest BCUT2D eigenvalue weighted by molar-refractivity contribution is 5.74. The predicted octanol–water partition coefficient (Wildman–Crippen LogP) is 1.68. The average Bonchev–Trinajstić information content (AvgIpc) is 2.39. The second kappa shape index (κ2) is 4.94. The summed E-state index contributed by atoms with van der Waals surface area (Å²) in [7, 11) is 1.42. The lowest BCUT2D eigenvalue weighted by Crippen LogP contribution is -2.33. The minimum absolute atomic E-state index is 0.162. The zero-order chi connectivity index (χ0) is 11.4. The van der Waals surface area contributed by atoms with Crippen LogP contribution in [0, 0.1) is 5.92 Å². The van der Waals surface area contributed by atoms with E-state index in [4.69, 9.17) is 4.74 Å². The van der Waals surface area contributed by atoms with E-state index in [2.05, 4.69) is 17.4 Å². The number of methoxy groups -OCH3 is 1. The van der Waals surface area contributed by atoms with Crippen LogP contribution in [0.4, 0.5) is 0 Å². The number of carbonyl (C=O) groups is 1. The van der Waals surface area contributed by atoms with Crippen LogP contribution in [0.2, 0.25) is 0 Å². The van der Waals surface area contributed by atoms with E-state index in [1.54, 1.807) is 0 Å². The van der Waals surface area contributed by atoms with Gasteiger partial charge in [0.1, 0.15) is 0 Å². The first kappa shape index (κ1) is 10.9. The molecule has 0 spiro atoms. The molecular formula is C13H15NO2. The first-order chi connectivity index (χ1) is 7.81. The van der Waals surface area contributed by atoms with E-state index in [1.165, 1.54) is 12.7 Å². The molecule has 0 bridgehead atoms. The van der Waals surface area contributed by atoms with Crippen LogP contribution in [0.5, 0.6) is 0 Å². The van der Waals surface area contributed by atoms with Crippen molar-refractivity contribution in [1.29, 1.82) is 0 Å². The minimum atomic E-state index is -0.185. The Labute approximate surface area is 95.1 Å². The van der Waals surface area contributed by atoms with E-state index in [0.29, 0.717) is 6.54 Å². The Hall–Kier alpha value is -1.61. The van der Waals surface area contributed by atoms with Crippen molar-refractivity contribution >= 4 is 5.97 Å². The summed E-state index contributed by atoms with van der Waals surface area (Å²) in [4.78, 5) is 11.3. The molecule has 0 saturated heterocycles. The lowest BCUT2D eigenvalue weighted by atomic mass is 9.98. The van der Waals surface area contributed by atoms with Crippen LogP contribution in [0.1, 0.15) is 11.6 Å². The number of rotatable bonds is 2. The molecule has 3 nitrogen and oxygen atoms in total. The zero-order valence-electron chi connectivity index (χ0n) is 9.22. The van der Waals surface area contributed by atoms with Gasteiger partial charge in [0.25, 0.3) is 0 Å². The Morgan fingerprint density at radius 2 is 2.06 bits per heavy atom. The number of nitrogens with one attached hydrogen (secondary N) is 1. The molecule has 16 heavy (non-hydrogen) atoms. The number of ether oxygens (including phenoxy) is 1. The maximum atomic E-state index is 11.3. The lowest BCUT2D eigenvalue weighted by Gasteiger charge is -2.23. The van der Waals surface area contributed by atoms with Crippen LogP contribution >= 0.6 is 0 Å². The second-order valence-electron chi connectivity index (χ2n) is 3.81. The molecule has 0 fully saturated rings. The van der Waals surface area contributed by atoms with Gasteiger partial charge < -0.3 is 10.1 Å². The molecule has 0 aliphatic carbocycles. The van der Waals surface area contributed by atoms with Gasteiger partial charge in [0.15, 0.2) is 0 Å². The van der Waals surface area contributed by atoms with Gasteiger partial charge in [-0.05, 0) is 5.56 Å². The molecule has 3 heteroatoms. The summed E-state index contributed by atoms with van der Waals surface area (Å²) in [6.45, 7) is 0.628. The Bertz CT molecular complexity index is 386. The standard InChI is InChI=1S/C13H15NO2/c1-16-13(15)11-7-8-12(14-9-11)10-5-3-2-4-6-10/h2-8,11-12,14H,9H2,1H3. The summed E-state index contributed by atoms with van der Waals surface area (Å²) in [6.07, 6.45) is 3.93. The van der Waals surface area contributed by atoms with Gasteiger partial charge >= 0.3 is 5.97 Å². The Balaban J connectivity index is 2.06. The number of benzene rings is 1. The summed E-state index contributed by atoms with van der Waals surface area (Å²) in [5.41, 5.74) is 1.21. The molecule has 0 saturated carbocycles. The quantitative estimate of drug-likeness (QED) is 0.605. The highest BCUT2D eigenvalue weighted by Gasteiger charge is 2.21. The van der Waals surface area contributed by atoms with Gasteiger partial charge in [-0.15, -0.1) is 0 Å². The van der Waals surface area contributed by atoms with E-state index < -0.39 is 0 Å². The van der Waals surface area contributed by atoms with Crippen LogP contribution < -0.4 is 5.32 Å². The van der Waals surface area contributed by atoms with Crippen molar-refractivity contribution in [2.45, 2.75) is 6.04 Å². The van der Waals surface area contributed by atoms with Crippen LogP contribution in [-0.2, 0) is 9.53 Å². The summed E-state index contributed by atoms with van der Waals surface area (Å²) in [5.74, 6) is -0.347. The van der Waals surface area contributed by atoms with Crippen LogP contribution in [0.3, 0.4) is 0 Å². The third-order valence-electron chi connectivity index (χ3n) is 2.76. The van der Waals surface area contributed by atoms with Crippen LogP contribution in [-0.4, -0.2) is 19.6 Å². The Morgan fingerprint density at radius 1 is 1.31 bits per heavy atom. The fourth-order valence-corrected chi connectivity index (χ4v) is 1.84. The van der Waals surface area contributed by atoms with Gasteiger partial charge in [0.2, 0.25) is 0 Å². The largest absolute Gasteiger partial charge is 0.469 e. The van der Waals surface area contributed by atoms with E-state index in [1.807, 2.05) is 30.4 Å². The molecule has 1 aliphatic heterocycles. The molecule has 1 aromatic rings. The fourth-order valence-electron chi connectivity index (χ4n) is 1.84. The smallest absolute Gasteiger partial charge is 0.313 e. The van der Waals surface area contributed by atoms with E-state index >= 15 is 0 Å². The monoisotopic (exact) mass is 217 g/mol. The van der Waals surface area contributed by atoms with E-state index in [-0.39, 0.29) is 17.9 Å². The third-order valence-corrected chi connectivity index (χ3v) is 2.76. The number of hydrogen-bond donors (Lipinski definition) is 1. The van der Waals surface area contributed by atoms with Crippen molar-refractivity contribution < 1.29 is 9.53 Å². The van der Waals surface area contributed by atoms with E-state index in [9.17, 15) is 4.79 Å². The van der Waals surface area contributed by atoms with Crippen molar-refractivity contribution in [3.8, 4) is 0 Å². The third kappa shape index (κ3) is 2.31. The van der Waals surface area contributed by atoms with Gasteiger partial charge in [0, 0.05) is 6.54 Å². The normalized spacial score (nSPS) is 24.1. The van der Waals surface area contributed by atoms with Gasteiger partial charge in [-0.2, -0.15) is 0 Å². The SMILES string of the molecule is COC(=O)C1C=CC(c2ccccc2)NC1. The highest BCUT2D eigenvalue weighted by atomic mass is 16.5. The first-order valence-electron chi connectivity index (χ1n) is 5.36. The van der Waals surface area contributed by atoms with Gasteiger partial charge in [-0.3, -0.25) is 4.79 Å². The van der Waals surface area contributed by atoms with E-state index in [0.717, 1.165) is 0 Å². The molecular weight excluding hydrogens is 202 g/mol. The molecule has 1 N–H and O–H groups in total. The molecule has 2 unspecified atom stereocenters. The van der Waals surface area contributed by atoms with Crippen molar-refractivity contribution in [1.82, 2.24) is 5.32 Å². The molecule has 84 valence electrons. The van der Waals surface area contributed by atoms with Crippen molar-refractivity contribution in [3.05, 3.63) is 48.0 Å². The lowest BCUT2D eigenvalue weighted by molar-refractivity contribution is -0.143. The summed E-state index contributed by atoms with van der Waals surface area (Å²) in [6, 6.07) is 10.4. The van der Waals surface area contributed by atoms with Crippen LogP contribution in [0.15, 0.2) is 42.5 Å². The first-order valence-corrected chi connectivity index (χ1v) is 5.36. The number of hydrogen-bond acceptors (Lipinski definition) is 3. The number of carbonyl (C=O) groups excluding carboxylic acids is 1. The molecule has 0 amide bonds. The highest BCUT2D eigenvalue weighted by Crippen LogP contribution is 2.19. The Kier molecular flexibility index (Phi) is 3.37. The minimum Gasteiger partial charge on any atom is -0.469 e. The maximum absolute atomic E-state index is 11.3. The van der Waals surface area contributed by atoms with Crippen LogP contribution in [0.25, 0.3) is 0 Å². The Morgan fingerprint density at radius 3 is 2.62 bits per heavy atom. The molecule has 0 aromatic heterocycles.